The van der Waals surface area contributed by atoms with E-state index in [9.17, 15) is 9.59 Å². The van der Waals surface area contributed by atoms with Gasteiger partial charge in [-0.25, -0.2) is 0 Å². The zero-order valence-electron chi connectivity index (χ0n) is 16.6. The van der Waals surface area contributed by atoms with E-state index in [2.05, 4.69) is 15.5 Å². The summed E-state index contributed by atoms with van der Waals surface area (Å²) in [4.78, 5) is 30.8. The maximum atomic E-state index is 12.5. The SMILES string of the molecule is COc1ccc(-c2nc(CNC(=O)C3CC(=O)N(Cc4ccccc4)C3)no2)cc1. The number of rotatable bonds is 7. The van der Waals surface area contributed by atoms with Crippen LogP contribution in [0, 0.1) is 5.92 Å². The van der Waals surface area contributed by atoms with Crippen LogP contribution in [0.5, 0.6) is 5.75 Å². The zero-order chi connectivity index (χ0) is 20.9. The van der Waals surface area contributed by atoms with Crippen molar-refractivity contribution in [2.24, 2.45) is 5.92 Å². The van der Waals surface area contributed by atoms with E-state index in [0.29, 0.717) is 24.8 Å². The van der Waals surface area contributed by atoms with E-state index in [-0.39, 0.29) is 30.7 Å². The molecule has 8 nitrogen and oxygen atoms in total. The maximum absolute atomic E-state index is 12.5. The van der Waals surface area contributed by atoms with Crippen molar-refractivity contribution in [1.29, 1.82) is 0 Å². The Morgan fingerprint density at radius 2 is 1.97 bits per heavy atom. The van der Waals surface area contributed by atoms with Gasteiger partial charge in [-0.1, -0.05) is 35.5 Å². The van der Waals surface area contributed by atoms with Gasteiger partial charge >= 0.3 is 0 Å². The van der Waals surface area contributed by atoms with Gasteiger partial charge in [-0.2, -0.15) is 4.98 Å². The number of ether oxygens (including phenoxy) is 1. The molecule has 0 bridgehead atoms. The van der Waals surface area contributed by atoms with Crippen LogP contribution in [-0.4, -0.2) is 40.5 Å². The van der Waals surface area contributed by atoms with Crippen LogP contribution in [0.3, 0.4) is 0 Å². The summed E-state index contributed by atoms with van der Waals surface area (Å²) in [5.74, 6) is 0.897. The van der Waals surface area contributed by atoms with Crippen LogP contribution >= 0.6 is 0 Å². The van der Waals surface area contributed by atoms with Crippen molar-refractivity contribution >= 4 is 11.8 Å². The number of aromatic nitrogens is 2. The minimum Gasteiger partial charge on any atom is -0.497 e. The summed E-state index contributed by atoms with van der Waals surface area (Å²) in [5.41, 5.74) is 1.81. The molecule has 154 valence electrons. The third-order valence-corrected chi connectivity index (χ3v) is 5.03. The first kappa shape index (κ1) is 19.6. The molecule has 0 saturated carbocycles. The summed E-state index contributed by atoms with van der Waals surface area (Å²) < 4.78 is 10.4. The normalized spacial score (nSPS) is 16.0. The van der Waals surface area contributed by atoms with Crippen molar-refractivity contribution in [3.8, 4) is 17.2 Å². The number of carbonyl (C=O) groups excluding carboxylic acids is 2. The Hall–Kier alpha value is -3.68. The predicted molar refractivity (Wildman–Crippen MR) is 108 cm³/mol. The molecular weight excluding hydrogens is 384 g/mol. The molecule has 0 radical (unpaired) electrons. The molecule has 0 aliphatic carbocycles. The minimum atomic E-state index is -0.380. The average Bonchev–Trinajstić information content (AvgIpc) is 3.40. The standard InChI is InChI=1S/C22H22N4O4/c1-29-18-9-7-16(8-10-18)22-24-19(25-30-22)12-23-21(28)17-11-20(27)26(14-17)13-15-5-3-2-4-6-15/h2-10,17H,11-14H2,1H3,(H,23,28). The van der Waals surface area contributed by atoms with Gasteiger partial charge in [0, 0.05) is 25.1 Å². The molecule has 2 aromatic carbocycles. The molecule has 1 aliphatic heterocycles. The third kappa shape index (κ3) is 4.48. The lowest BCUT2D eigenvalue weighted by atomic mass is 10.1. The predicted octanol–water partition coefficient (Wildman–Crippen LogP) is 2.41. The van der Waals surface area contributed by atoms with E-state index in [1.54, 1.807) is 24.1 Å². The first-order valence-electron chi connectivity index (χ1n) is 9.69. The summed E-state index contributed by atoms with van der Waals surface area (Å²) in [6, 6.07) is 17.0. The van der Waals surface area contributed by atoms with Gasteiger partial charge in [0.1, 0.15) is 5.75 Å². The summed E-state index contributed by atoms with van der Waals surface area (Å²) >= 11 is 0. The lowest BCUT2D eigenvalue weighted by molar-refractivity contribution is -0.129. The molecule has 1 atom stereocenters. The Morgan fingerprint density at radius 3 is 2.70 bits per heavy atom. The molecule has 4 rings (SSSR count). The molecule has 1 N–H and O–H groups in total. The molecular formula is C22H22N4O4. The number of benzene rings is 2. The van der Waals surface area contributed by atoms with Crippen molar-refractivity contribution in [3.05, 3.63) is 66.0 Å². The zero-order valence-corrected chi connectivity index (χ0v) is 16.6. The van der Waals surface area contributed by atoms with E-state index in [0.717, 1.165) is 16.9 Å². The third-order valence-electron chi connectivity index (χ3n) is 5.03. The number of hydrogen-bond donors (Lipinski definition) is 1. The molecule has 1 saturated heterocycles. The maximum Gasteiger partial charge on any atom is 0.257 e. The summed E-state index contributed by atoms with van der Waals surface area (Å²) in [6.45, 7) is 1.06. The molecule has 8 heteroatoms. The van der Waals surface area contributed by atoms with Gasteiger partial charge in [-0.05, 0) is 29.8 Å². The van der Waals surface area contributed by atoms with E-state index in [4.69, 9.17) is 9.26 Å². The van der Waals surface area contributed by atoms with Gasteiger partial charge in [0.15, 0.2) is 5.82 Å². The quantitative estimate of drug-likeness (QED) is 0.647. The molecule has 1 aromatic heterocycles. The highest BCUT2D eigenvalue weighted by molar-refractivity contribution is 5.89. The van der Waals surface area contributed by atoms with Gasteiger partial charge in [0.2, 0.25) is 11.8 Å². The first-order valence-corrected chi connectivity index (χ1v) is 9.69. The Kier molecular flexibility index (Phi) is 5.74. The van der Waals surface area contributed by atoms with E-state index in [1.165, 1.54) is 0 Å². The number of carbonyl (C=O) groups is 2. The largest absolute Gasteiger partial charge is 0.497 e. The molecule has 3 aromatic rings. The van der Waals surface area contributed by atoms with Crippen LogP contribution in [0.25, 0.3) is 11.5 Å². The first-order chi connectivity index (χ1) is 14.6. The highest BCUT2D eigenvalue weighted by Crippen LogP contribution is 2.22. The summed E-state index contributed by atoms with van der Waals surface area (Å²) in [5, 5.41) is 6.72. The number of hydrogen-bond acceptors (Lipinski definition) is 6. The van der Waals surface area contributed by atoms with E-state index >= 15 is 0 Å². The number of nitrogens with one attached hydrogen (secondary N) is 1. The number of amides is 2. The Morgan fingerprint density at radius 1 is 1.20 bits per heavy atom. The van der Waals surface area contributed by atoms with Gasteiger partial charge in [-0.15, -0.1) is 0 Å². The number of likely N-dealkylation sites (tertiary alicyclic amines) is 1. The minimum absolute atomic E-state index is 0.0136. The second kappa shape index (κ2) is 8.77. The fourth-order valence-corrected chi connectivity index (χ4v) is 3.39. The highest BCUT2D eigenvalue weighted by Gasteiger charge is 2.34. The molecule has 1 aliphatic rings. The fourth-order valence-electron chi connectivity index (χ4n) is 3.39. The number of methoxy groups -OCH3 is 1. The van der Waals surface area contributed by atoms with Crippen LogP contribution in [0.2, 0.25) is 0 Å². The lowest BCUT2D eigenvalue weighted by Gasteiger charge is -2.16. The average molecular weight is 406 g/mol. The lowest BCUT2D eigenvalue weighted by Crippen LogP contribution is -2.32. The van der Waals surface area contributed by atoms with Gasteiger partial charge < -0.3 is 19.5 Å². The van der Waals surface area contributed by atoms with Gasteiger partial charge in [-0.3, -0.25) is 9.59 Å². The Bertz CT molecular complexity index is 1020. The van der Waals surface area contributed by atoms with Crippen LogP contribution in [-0.2, 0) is 22.7 Å². The smallest absolute Gasteiger partial charge is 0.257 e. The van der Waals surface area contributed by atoms with Crippen LogP contribution in [0.4, 0.5) is 0 Å². The van der Waals surface area contributed by atoms with Crippen LogP contribution in [0.15, 0.2) is 59.1 Å². The summed E-state index contributed by atoms with van der Waals surface area (Å²) in [6.07, 6.45) is 0.210. The summed E-state index contributed by atoms with van der Waals surface area (Å²) in [7, 11) is 1.60. The van der Waals surface area contributed by atoms with Crippen LogP contribution < -0.4 is 10.1 Å². The van der Waals surface area contributed by atoms with Crippen molar-refractivity contribution in [1.82, 2.24) is 20.4 Å². The number of nitrogens with zero attached hydrogens (tertiary/aromatic N) is 3. The van der Waals surface area contributed by atoms with Crippen molar-refractivity contribution < 1.29 is 18.8 Å². The second-order valence-corrected chi connectivity index (χ2v) is 7.12. The highest BCUT2D eigenvalue weighted by atomic mass is 16.5. The fraction of sp³-hybridized carbons (Fsp3) is 0.273. The molecule has 1 fully saturated rings. The van der Waals surface area contributed by atoms with Gasteiger partial charge in [0.05, 0.1) is 19.6 Å². The molecule has 2 amide bonds. The van der Waals surface area contributed by atoms with E-state index in [1.807, 2.05) is 42.5 Å². The van der Waals surface area contributed by atoms with E-state index < -0.39 is 0 Å². The molecule has 1 unspecified atom stereocenters. The Labute approximate surface area is 173 Å². The van der Waals surface area contributed by atoms with Crippen molar-refractivity contribution in [3.63, 3.8) is 0 Å². The molecule has 0 spiro atoms. The van der Waals surface area contributed by atoms with Crippen molar-refractivity contribution in [2.75, 3.05) is 13.7 Å². The van der Waals surface area contributed by atoms with Crippen LogP contribution in [0.1, 0.15) is 17.8 Å². The molecule has 2 heterocycles. The topological polar surface area (TPSA) is 97.6 Å². The molecule has 30 heavy (non-hydrogen) atoms. The second-order valence-electron chi connectivity index (χ2n) is 7.12. The monoisotopic (exact) mass is 406 g/mol. The Balaban J connectivity index is 1.30. The van der Waals surface area contributed by atoms with Gasteiger partial charge in [0.25, 0.3) is 5.89 Å². The van der Waals surface area contributed by atoms with Crippen molar-refractivity contribution in [2.45, 2.75) is 19.5 Å².